The van der Waals surface area contributed by atoms with Crippen molar-refractivity contribution in [3.63, 3.8) is 0 Å². The van der Waals surface area contributed by atoms with Crippen LogP contribution < -0.4 is 0 Å². The fraction of sp³-hybridized carbons (Fsp3) is 0.700. The van der Waals surface area contributed by atoms with Crippen molar-refractivity contribution in [3.8, 4) is 0 Å². The molecule has 0 heterocycles. The summed E-state index contributed by atoms with van der Waals surface area (Å²) in [7, 11) is 0. The molecule has 0 bridgehead atoms. The summed E-state index contributed by atoms with van der Waals surface area (Å²) in [5.41, 5.74) is 1.49. The first kappa shape index (κ1) is 9.79. The van der Waals surface area contributed by atoms with Crippen molar-refractivity contribution in [2.24, 2.45) is 5.92 Å². The lowest BCUT2D eigenvalue weighted by atomic mass is 9.99. The Morgan fingerprint density at radius 3 is 2.67 bits per heavy atom. The number of ketones is 1. The van der Waals surface area contributed by atoms with E-state index in [9.17, 15) is 4.79 Å². The molecule has 1 rings (SSSR count). The summed E-state index contributed by atoms with van der Waals surface area (Å²) in [6.07, 6.45) is 8.03. The Morgan fingerprint density at radius 2 is 2.08 bits per heavy atom. The van der Waals surface area contributed by atoms with Gasteiger partial charge in [-0.15, -0.1) is 0 Å². The number of rotatable bonds is 4. The van der Waals surface area contributed by atoms with Crippen LogP contribution in [0.2, 0.25) is 0 Å². The maximum Gasteiger partial charge on any atom is 0.136 e. The Kier molecular flexibility index (Phi) is 4.37. The molecule has 0 atom stereocenters. The molecule has 0 spiro atoms. The molecule has 1 aliphatic rings. The van der Waals surface area contributed by atoms with E-state index < -0.39 is 0 Å². The predicted octanol–water partition coefficient (Wildman–Crippen LogP) is 3.28. The van der Waals surface area contributed by atoms with Gasteiger partial charge in [-0.1, -0.05) is 30.5 Å². The lowest BCUT2D eigenvalue weighted by Crippen LogP contribution is -2.09. The van der Waals surface area contributed by atoms with E-state index in [0.29, 0.717) is 18.1 Å². The van der Waals surface area contributed by atoms with Gasteiger partial charge in [0.05, 0.1) is 0 Å². The summed E-state index contributed by atoms with van der Waals surface area (Å²) >= 11 is 5.35. The standard InChI is InChI=1S/C10H15ClO/c11-8-4-3-7-10(12)9-5-1-2-6-9/h4,8-9H,1-3,5-7H2/b8-4+. The molecular formula is C10H15ClO. The van der Waals surface area contributed by atoms with Crippen molar-refractivity contribution in [2.45, 2.75) is 38.5 Å². The lowest BCUT2D eigenvalue weighted by Gasteiger charge is -2.05. The van der Waals surface area contributed by atoms with Crippen molar-refractivity contribution >= 4 is 17.4 Å². The molecule has 0 amide bonds. The molecule has 1 aliphatic carbocycles. The van der Waals surface area contributed by atoms with Crippen LogP contribution in [-0.4, -0.2) is 5.78 Å². The average Bonchev–Trinajstić information content (AvgIpc) is 2.56. The second-order valence-corrected chi connectivity index (χ2v) is 3.60. The first-order valence-electron chi connectivity index (χ1n) is 4.62. The van der Waals surface area contributed by atoms with E-state index in [-0.39, 0.29) is 0 Å². The molecule has 2 heteroatoms. The van der Waals surface area contributed by atoms with E-state index in [1.54, 1.807) is 0 Å². The van der Waals surface area contributed by atoms with Crippen molar-refractivity contribution in [1.29, 1.82) is 0 Å². The Bertz CT molecular complexity index is 169. The third-order valence-electron chi connectivity index (χ3n) is 2.46. The topological polar surface area (TPSA) is 17.1 Å². The fourth-order valence-corrected chi connectivity index (χ4v) is 1.87. The van der Waals surface area contributed by atoms with Crippen molar-refractivity contribution in [2.75, 3.05) is 0 Å². The molecule has 0 radical (unpaired) electrons. The SMILES string of the molecule is O=C(CC/C=C/Cl)C1CCCC1. The van der Waals surface area contributed by atoms with Gasteiger partial charge in [0, 0.05) is 17.9 Å². The zero-order valence-electron chi connectivity index (χ0n) is 7.26. The minimum Gasteiger partial charge on any atom is -0.299 e. The first-order chi connectivity index (χ1) is 5.84. The molecule has 12 heavy (non-hydrogen) atoms. The number of halogens is 1. The van der Waals surface area contributed by atoms with Crippen LogP contribution in [0.25, 0.3) is 0 Å². The summed E-state index contributed by atoms with van der Waals surface area (Å²) in [5.74, 6) is 0.802. The Hall–Kier alpha value is -0.300. The van der Waals surface area contributed by atoms with Crippen LogP contribution in [0, 0.1) is 5.92 Å². The van der Waals surface area contributed by atoms with Gasteiger partial charge in [-0.25, -0.2) is 0 Å². The maximum atomic E-state index is 11.4. The number of carbonyl (C=O) groups excluding carboxylic acids is 1. The minimum atomic E-state index is 0.369. The van der Waals surface area contributed by atoms with Crippen LogP contribution in [0.15, 0.2) is 11.6 Å². The summed E-state index contributed by atoms with van der Waals surface area (Å²) in [5, 5.41) is 0. The maximum absolute atomic E-state index is 11.4. The van der Waals surface area contributed by atoms with Crippen molar-refractivity contribution in [1.82, 2.24) is 0 Å². The second kappa shape index (κ2) is 5.36. The third-order valence-corrected chi connectivity index (χ3v) is 2.64. The van der Waals surface area contributed by atoms with Gasteiger partial charge in [-0.3, -0.25) is 4.79 Å². The van der Waals surface area contributed by atoms with Gasteiger partial charge in [-0.05, 0) is 19.3 Å². The molecule has 0 aromatic carbocycles. The van der Waals surface area contributed by atoms with Crippen LogP contribution in [0.1, 0.15) is 38.5 Å². The number of allylic oxidation sites excluding steroid dienone is 1. The molecule has 0 aromatic rings. The normalized spacial score (nSPS) is 19.1. The van der Waals surface area contributed by atoms with Gasteiger partial charge in [0.1, 0.15) is 5.78 Å². The molecular weight excluding hydrogens is 172 g/mol. The minimum absolute atomic E-state index is 0.369. The van der Waals surface area contributed by atoms with E-state index in [4.69, 9.17) is 11.6 Å². The largest absolute Gasteiger partial charge is 0.299 e. The summed E-state index contributed by atoms with van der Waals surface area (Å²) in [6, 6.07) is 0. The Balaban J connectivity index is 2.18. The van der Waals surface area contributed by atoms with Crippen molar-refractivity contribution < 1.29 is 4.79 Å². The highest BCUT2D eigenvalue weighted by Crippen LogP contribution is 2.26. The predicted molar refractivity (Wildman–Crippen MR) is 51.2 cm³/mol. The molecule has 1 fully saturated rings. The second-order valence-electron chi connectivity index (χ2n) is 3.35. The van der Waals surface area contributed by atoms with Crippen LogP contribution >= 0.6 is 11.6 Å². The van der Waals surface area contributed by atoms with Gasteiger partial charge in [0.25, 0.3) is 0 Å². The Labute approximate surface area is 78.8 Å². The van der Waals surface area contributed by atoms with Crippen molar-refractivity contribution in [3.05, 3.63) is 11.6 Å². The summed E-state index contributed by atoms with van der Waals surface area (Å²) in [6.45, 7) is 0. The molecule has 1 nitrogen and oxygen atoms in total. The first-order valence-corrected chi connectivity index (χ1v) is 5.06. The average molecular weight is 187 g/mol. The highest BCUT2D eigenvalue weighted by molar-refractivity contribution is 6.25. The van der Waals surface area contributed by atoms with E-state index in [1.165, 1.54) is 18.4 Å². The van der Waals surface area contributed by atoms with Gasteiger partial charge in [0.15, 0.2) is 0 Å². The van der Waals surface area contributed by atoms with E-state index in [2.05, 4.69) is 0 Å². The van der Waals surface area contributed by atoms with Crippen LogP contribution in [0.4, 0.5) is 0 Å². The van der Waals surface area contributed by atoms with Gasteiger partial charge in [-0.2, -0.15) is 0 Å². The fourth-order valence-electron chi connectivity index (χ4n) is 1.74. The number of carbonyl (C=O) groups is 1. The van der Waals surface area contributed by atoms with Gasteiger partial charge >= 0.3 is 0 Å². The molecule has 0 N–H and O–H groups in total. The molecule has 0 aliphatic heterocycles. The highest BCUT2D eigenvalue weighted by Gasteiger charge is 2.21. The summed E-state index contributed by atoms with van der Waals surface area (Å²) in [4.78, 5) is 11.4. The zero-order chi connectivity index (χ0) is 8.81. The highest BCUT2D eigenvalue weighted by atomic mass is 35.5. The number of Topliss-reactive ketones (excluding diaryl/α,β-unsaturated/α-hetero) is 1. The van der Waals surface area contributed by atoms with Gasteiger partial charge in [0.2, 0.25) is 0 Å². The molecule has 0 aromatic heterocycles. The molecule has 1 saturated carbocycles. The van der Waals surface area contributed by atoms with E-state index in [1.807, 2.05) is 6.08 Å². The van der Waals surface area contributed by atoms with Crippen LogP contribution in [0.5, 0.6) is 0 Å². The van der Waals surface area contributed by atoms with Crippen LogP contribution in [0.3, 0.4) is 0 Å². The van der Waals surface area contributed by atoms with E-state index >= 15 is 0 Å². The number of hydrogen-bond acceptors (Lipinski definition) is 1. The van der Waals surface area contributed by atoms with Gasteiger partial charge < -0.3 is 0 Å². The third kappa shape index (κ3) is 2.98. The monoisotopic (exact) mass is 186 g/mol. The van der Waals surface area contributed by atoms with Crippen LogP contribution in [-0.2, 0) is 4.79 Å². The molecule has 68 valence electrons. The summed E-state index contributed by atoms with van der Waals surface area (Å²) < 4.78 is 0. The zero-order valence-corrected chi connectivity index (χ0v) is 8.02. The molecule has 0 unspecified atom stereocenters. The Morgan fingerprint density at radius 1 is 1.42 bits per heavy atom. The van der Waals surface area contributed by atoms with E-state index in [0.717, 1.165) is 19.3 Å². The molecule has 0 saturated heterocycles. The number of hydrogen-bond donors (Lipinski definition) is 0. The smallest absolute Gasteiger partial charge is 0.136 e. The lowest BCUT2D eigenvalue weighted by molar-refractivity contribution is -0.122. The quantitative estimate of drug-likeness (QED) is 0.659.